The maximum absolute atomic E-state index is 2.40. The minimum atomic E-state index is 0.645. The molecule has 27 heavy (non-hydrogen) atoms. The quantitative estimate of drug-likeness (QED) is 0.420. The number of para-hydroxylation sites is 2. The van der Waals surface area contributed by atoms with Crippen molar-refractivity contribution >= 4 is 10.9 Å². The van der Waals surface area contributed by atoms with Crippen LogP contribution in [-0.2, 0) is 13.5 Å². The molecule has 2 nitrogen and oxygen atoms in total. The smallest absolute Gasteiger partial charge is 0.229 e. The molecule has 4 rings (SSSR count). The molecule has 4 aromatic rings. The van der Waals surface area contributed by atoms with Crippen molar-refractivity contribution in [3.05, 3.63) is 84.1 Å². The Morgan fingerprint density at radius 2 is 1.63 bits per heavy atom. The maximum atomic E-state index is 2.40. The van der Waals surface area contributed by atoms with Crippen LogP contribution in [0.3, 0.4) is 0 Å². The summed E-state index contributed by atoms with van der Waals surface area (Å²) in [5.74, 6) is 0.645. The molecule has 2 heteroatoms. The van der Waals surface area contributed by atoms with Crippen LogP contribution >= 0.6 is 0 Å². The lowest BCUT2D eigenvalue weighted by Gasteiger charge is -2.12. The number of rotatable bonds is 4. The topological polar surface area (TPSA) is 8.81 Å². The normalized spacial score (nSPS) is 11.4. The molecule has 0 saturated heterocycles. The van der Waals surface area contributed by atoms with Crippen LogP contribution in [0.1, 0.15) is 25.0 Å². The highest BCUT2D eigenvalue weighted by Gasteiger charge is 2.23. The Hall–Kier alpha value is -2.87. The molecule has 136 valence electrons. The fourth-order valence-electron chi connectivity index (χ4n) is 4.00. The number of nitrogens with zero attached hydrogens (tertiary/aromatic N) is 2. The lowest BCUT2D eigenvalue weighted by molar-refractivity contribution is -0.660. The summed E-state index contributed by atoms with van der Waals surface area (Å²) < 4.78 is 4.64. The first kappa shape index (κ1) is 17.5. The molecule has 0 N–H and O–H groups in total. The van der Waals surface area contributed by atoms with Crippen LogP contribution in [-0.4, -0.2) is 4.57 Å². The first-order chi connectivity index (χ1) is 13.1. The highest BCUT2D eigenvalue weighted by atomic mass is 15.0. The number of pyridine rings is 1. The van der Waals surface area contributed by atoms with Gasteiger partial charge in [0.05, 0.1) is 5.52 Å². The Bertz CT molecular complexity index is 1090. The number of fused-ring (bicyclic) bond motifs is 1. The van der Waals surface area contributed by atoms with Crippen molar-refractivity contribution in [3.8, 4) is 17.1 Å². The van der Waals surface area contributed by atoms with Crippen LogP contribution < -0.4 is 4.57 Å². The van der Waals surface area contributed by atoms with Crippen molar-refractivity contribution in [1.82, 2.24) is 4.57 Å². The van der Waals surface area contributed by atoms with Crippen LogP contribution in [0, 0.1) is 12.8 Å². The molecule has 0 spiro atoms. The third-order valence-electron chi connectivity index (χ3n) is 5.24. The second-order valence-corrected chi connectivity index (χ2v) is 7.79. The van der Waals surface area contributed by atoms with Crippen molar-refractivity contribution in [2.24, 2.45) is 13.0 Å². The van der Waals surface area contributed by atoms with E-state index in [-0.39, 0.29) is 0 Å². The Labute approximate surface area is 161 Å². The molecule has 0 aliphatic heterocycles. The molecule has 0 aliphatic rings. The SMILES string of the molecule is Cc1c(-c2cc(CC(C)C)cc[n+]2C)n(-c2ccccc2)c2ccccc12. The van der Waals surface area contributed by atoms with E-state index in [0.717, 1.165) is 6.42 Å². The molecule has 0 amide bonds. The first-order valence-corrected chi connectivity index (χ1v) is 9.70. The van der Waals surface area contributed by atoms with Gasteiger partial charge in [-0.2, -0.15) is 4.57 Å². The lowest BCUT2D eigenvalue weighted by atomic mass is 10.0. The first-order valence-electron chi connectivity index (χ1n) is 9.70. The summed E-state index contributed by atoms with van der Waals surface area (Å²) in [4.78, 5) is 0. The van der Waals surface area contributed by atoms with Gasteiger partial charge in [0.2, 0.25) is 5.69 Å². The molecular weight excluding hydrogens is 328 g/mol. The molecule has 0 radical (unpaired) electrons. The van der Waals surface area contributed by atoms with Crippen molar-refractivity contribution in [3.63, 3.8) is 0 Å². The molecular formula is C25H27N2+. The monoisotopic (exact) mass is 355 g/mol. The summed E-state index contributed by atoms with van der Waals surface area (Å²) >= 11 is 0. The van der Waals surface area contributed by atoms with Crippen molar-refractivity contribution < 1.29 is 4.57 Å². The summed E-state index contributed by atoms with van der Waals surface area (Å²) in [6, 6.07) is 24.0. The summed E-state index contributed by atoms with van der Waals surface area (Å²) in [6.07, 6.45) is 3.29. The zero-order valence-corrected chi connectivity index (χ0v) is 16.6. The molecule has 2 aromatic carbocycles. The van der Waals surface area contributed by atoms with E-state index < -0.39 is 0 Å². The number of hydrogen-bond acceptors (Lipinski definition) is 0. The number of hydrogen-bond donors (Lipinski definition) is 0. The fraction of sp³-hybridized carbons (Fsp3) is 0.240. The summed E-state index contributed by atoms with van der Waals surface area (Å²) in [6.45, 7) is 6.80. The Kier molecular flexibility index (Phi) is 4.57. The lowest BCUT2D eigenvalue weighted by Crippen LogP contribution is -2.31. The highest BCUT2D eigenvalue weighted by molar-refractivity contribution is 5.92. The van der Waals surface area contributed by atoms with E-state index in [1.807, 2.05) is 0 Å². The van der Waals surface area contributed by atoms with Crippen molar-refractivity contribution in [2.75, 3.05) is 0 Å². The number of benzene rings is 2. The van der Waals surface area contributed by atoms with Gasteiger partial charge in [0.25, 0.3) is 0 Å². The van der Waals surface area contributed by atoms with Crippen LogP contribution in [0.25, 0.3) is 28.0 Å². The third-order valence-corrected chi connectivity index (χ3v) is 5.24. The fourth-order valence-corrected chi connectivity index (χ4v) is 4.00. The zero-order chi connectivity index (χ0) is 19.0. The molecule has 2 aromatic heterocycles. The van der Waals surface area contributed by atoms with Crippen molar-refractivity contribution in [1.29, 1.82) is 0 Å². The van der Waals surface area contributed by atoms with Crippen LogP contribution in [0.4, 0.5) is 0 Å². The Balaban J connectivity index is 2.04. The standard InChI is InChI=1S/C25H27N2/c1-18(2)16-20-14-15-26(4)24(17-20)25-19(3)22-12-8-9-13-23(22)27(25)21-10-6-5-7-11-21/h5-15,17-18H,16H2,1-4H3/q+1. The molecule has 0 atom stereocenters. The number of aryl methyl sites for hydroxylation is 2. The zero-order valence-electron chi connectivity index (χ0n) is 16.6. The van der Waals surface area contributed by atoms with E-state index in [1.54, 1.807) is 0 Å². The second kappa shape index (κ2) is 7.03. The van der Waals surface area contributed by atoms with Gasteiger partial charge in [-0.1, -0.05) is 50.2 Å². The average molecular weight is 356 g/mol. The van der Waals surface area contributed by atoms with Gasteiger partial charge in [0.1, 0.15) is 12.7 Å². The molecule has 0 aliphatic carbocycles. The van der Waals surface area contributed by atoms with Gasteiger partial charge in [-0.25, -0.2) is 0 Å². The van der Waals surface area contributed by atoms with Crippen LogP contribution in [0.2, 0.25) is 0 Å². The van der Waals surface area contributed by atoms with Gasteiger partial charge in [-0.05, 0) is 48.6 Å². The minimum Gasteiger partial charge on any atom is -0.304 e. The van der Waals surface area contributed by atoms with E-state index >= 15 is 0 Å². The molecule has 0 saturated carbocycles. The van der Waals surface area contributed by atoms with Gasteiger partial charge in [-0.3, -0.25) is 0 Å². The van der Waals surface area contributed by atoms with E-state index in [0.29, 0.717) is 5.92 Å². The third kappa shape index (κ3) is 3.16. The largest absolute Gasteiger partial charge is 0.304 e. The molecule has 2 heterocycles. The Morgan fingerprint density at radius 1 is 0.926 bits per heavy atom. The molecule has 0 fully saturated rings. The average Bonchev–Trinajstić information content (AvgIpc) is 2.96. The van der Waals surface area contributed by atoms with Gasteiger partial charge >= 0.3 is 0 Å². The van der Waals surface area contributed by atoms with Gasteiger partial charge in [0.15, 0.2) is 6.20 Å². The Morgan fingerprint density at radius 3 is 2.37 bits per heavy atom. The predicted molar refractivity (Wildman–Crippen MR) is 113 cm³/mol. The maximum Gasteiger partial charge on any atom is 0.229 e. The van der Waals surface area contributed by atoms with E-state index in [1.165, 1.54) is 39.1 Å². The van der Waals surface area contributed by atoms with Gasteiger partial charge in [0, 0.05) is 23.2 Å². The van der Waals surface area contributed by atoms with E-state index in [4.69, 9.17) is 0 Å². The van der Waals surface area contributed by atoms with E-state index in [2.05, 4.69) is 110 Å². The van der Waals surface area contributed by atoms with Gasteiger partial charge in [-0.15, -0.1) is 0 Å². The van der Waals surface area contributed by atoms with Crippen LogP contribution in [0.15, 0.2) is 72.9 Å². The summed E-state index contributed by atoms with van der Waals surface area (Å²) in [5, 5.41) is 1.31. The van der Waals surface area contributed by atoms with Crippen molar-refractivity contribution in [2.45, 2.75) is 27.2 Å². The van der Waals surface area contributed by atoms with Gasteiger partial charge < -0.3 is 4.57 Å². The highest BCUT2D eigenvalue weighted by Crippen LogP contribution is 2.34. The van der Waals surface area contributed by atoms with E-state index in [9.17, 15) is 0 Å². The molecule has 0 bridgehead atoms. The predicted octanol–water partition coefficient (Wildman–Crippen LogP) is 5.63. The second-order valence-electron chi connectivity index (χ2n) is 7.79. The summed E-state index contributed by atoms with van der Waals surface area (Å²) in [7, 11) is 2.14. The minimum absolute atomic E-state index is 0.645. The summed E-state index contributed by atoms with van der Waals surface area (Å²) in [5.41, 5.74) is 7.70. The number of aromatic nitrogens is 2. The van der Waals surface area contributed by atoms with Crippen LogP contribution in [0.5, 0.6) is 0 Å². The molecule has 0 unspecified atom stereocenters.